The van der Waals surface area contributed by atoms with Gasteiger partial charge in [0.05, 0.1) is 6.04 Å². The number of amides is 4. The Labute approximate surface area is 324 Å². The summed E-state index contributed by atoms with van der Waals surface area (Å²) >= 11 is 0. The monoisotopic (exact) mass is 771 g/mol. The predicted octanol–water partition coefficient (Wildman–Crippen LogP) is 0.393. The highest BCUT2D eigenvalue weighted by Gasteiger charge is 2.33. The summed E-state index contributed by atoms with van der Waals surface area (Å²) < 4.78 is 0. The number of aliphatic carboxylic acids is 1. The van der Waals surface area contributed by atoms with Gasteiger partial charge in [-0.15, -0.1) is 0 Å². The van der Waals surface area contributed by atoms with Gasteiger partial charge >= 0.3 is 5.97 Å². The van der Waals surface area contributed by atoms with Crippen LogP contribution in [0.3, 0.4) is 0 Å². The van der Waals surface area contributed by atoms with Crippen LogP contribution in [0.1, 0.15) is 56.1 Å². The maximum absolute atomic E-state index is 14.3. The number of guanidine groups is 1. The first-order valence-corrected chi connectivity index (χ1v) is 19.1. The first-order valence-electron chi connectivity index (χ1n) is 19.1. The molecule has 0 radical (unpaired) electrons. The van der Waals surface area contributed by atoms with Gasteiger partial charge in [0.15, 0.2) is 5.96 Å². The van der Waals surface area contributed by atoms with Gasteiger partial charge in [0.2, 0.25) is 23.6 Å². The smallest absolute Gasteiger partial charge is 0.326 e. The molecule has 0 unspecified atom stereocenters. The Kier molecular flexibility index (Phi) is 14.8. The maximum atomic E-state index is 14.3. The summed E-state index contributed by atoms with van der Waals surface area (Å²) in [7, 11) is 0. The van der Waals surface area contributed by atoms with Crippen LogP contribution in [0, 0.1) is 0 Å². The van der Waals surface area contributed by atoms with E-state index >= 15 is 0 Å². The van der Waals surface area contributed by atoms with Crippen LogP contribution in [0.5, 0.6) is 0 Å². The molecule has 0 spiro atoms. The number of hydrogen-bond acceptors (Lipinski definition) is 8. The number of carboxylic acid groups (broad SMARTS) is 1. The van der Waals surface area contributed by atoms with E-state index in [1.54, 1.807) is 12.4 Å². The number of carboxylic acids is 1. The Hall–Kier alpha value is -5.94. The van der Waals surface area contributed by atoms with Gasteiger partial charge in [0.25, 0.3) is 0 Å². The van der Waals surface area contributed by atoms with E-state index in [-0.39, 0.29) is 50.5 Å². The molecular formula is C39H53N11O6. The minimum absolute atomic E-state index is 0.0129. The molecule has 14 N–H and O–H groups in total. The number of unbranched alkanes of at least 4 members (excludes halogenated alkanes) is 1. The SMILES string of the molecule is NCCCC[C@H](NC(=O)[C@H](Cc1c[nH]c2ccccc12)NC(=O)[C@H](CCCN=C(N)N)NC(=O)[C@H](Cc1c[nH]c2ccccc12)NC(=O)[C@@H]1CCCN1)C(=O)O. The molecular weight excluding hydrogens is 718 g/mol. The predicted molar refractivity (Wildman–Crippen MR) is 213 cm³/mol. The Bertz CT molecular complexity index is 2000. The molecule has 17 heteroatoms. The third-order valence-corrected chi connectivity index (χ3v) is 9.98. The molecule has 1 aliphatic rings. The normalized spacial score (nSPS) is 16.1. The van der Waals surface area contributed by atoms with Crippen molar-refractivity contribution in [2.24, 2.45) is 22.2 Å². The number of aromatic nitrogens is 2. The number of benzene rings is 2. The molecule has 2 aromatic carbocycles. The second-order valence-electron chi connectivity index (χ2n) is 14.1. The van der Waals surface area contributed by atoms with Gasteiger partial charge in [-0.2, -0.15) is 0 Å². The minimum Gasteiger partial charge on any atom is -0.480 e. The zero-order valence-electron chi connectivity index (χ0n) is 31.3. The quantitative estimate of drug-likeness (QED) is 0.0315. The van der Waals surface area contributed by atoms with E-state index in [1.165, 1.54) is 0 Å². The summed E-state index contributed by atoms with van der Waals surface area (Å²) in [6.45, 7) is 1.22. The van der Waals surface area contributed by atoms with Crippen LogP contribution in [0.15, 0.2) is 65.9 Å². The molecule has 3 heterocycles. The average molecular weight is 772 g/mol. The number of rotatable bonds is 21. The Balaban J connectivity index is 1.41. The van der Waals surface area contributed by atoms with Gasteiger partial charge < -0.3 is 58.9 Å². The van der Waals surface area contributed by atoms with Crippen LogP contribution in [0.4, 0.5) is 0 Å². The lowest BCUT2D eigenvalue weighted by Gasteiger charge is -2.26. The van der Waals surface area contributed by atoms with E-state index < -0.39 is 53.9 Å². The van der Waals surface area contributed by atoms with Gasteiger partial charge in [0.1, 0.15) is 24.2 Å². The number of hydrogen-bond donors (Lipinski definition) is 11. The Morgan fingerprint density at radius 3 is 1.82 bits per heavy atom. The van der Waals surface area contributed by atoms with E-state index in [9.17, 15) is 29.1 Å². The van der Waals surface area contributed by atoms with Crippen molar-refractivity contribution in [3.63, 3.8) is 0 Å². The standard InChI is InChI=1S/C39H53N11O6/c40-16-6-5-13-31(38(55)56)48-37(54)33(20-24-22-46-28-12-4-2-10-26(24)28)50-35(52)30(15-8-18-44-39(41)42)47-36(53)32(49-34(51)29-14-7-17-43-29)19-23-21-45-27-11-3-1-9-25(23)27/h1-4,9-12,21-22,29-33,43,45-46H,5-8,13-20,40H2,(H,47,53)(H,48,54)(H,49,51)(H,50,52)(H,55,56)(H4,41,42,44)/t29-,30-,31-,32-,33-/m0/s1. The van der Waals surface area contributed by atoms with Crippen molar-refractivity contribution < 1.29 is 29.1 Å². The lowest BCUT2D eigenvalue weighted by atomic mass is 10.0. The molecule has 4 amide bonds. The molecule has 56 heavy (non-hydrogen) atoms. The summed E-state index contributed by atoms with van der Waals surface area (Å²) in [5.41, 5.74) is 19.9. The molecule has 1 fully saturated rings. The van der Waals surface area contributed by atoms with Crippen molar-refractivity contribution in [1.82, 2.24) is 36.6 Å². The van der Waals surface area contributed by atoms with Crippen molar-refractivity contribution >= 4 is 57.4 Å². The van der Waals surface area contributed by atoms with Crippen LogP contribution in [-0.4, -0.2) is 100 Å². The summed E-state index contributed by atoms with van der Waals surface area (Å²) in [5.74, 6) is -3.67. The largest absolute Gasteiger partial charge is 0.480 e. The van der Waals surface area contributed by atoms with E-state index in [0.717, 1.165) is 33.8 Å². The fraction of sp³-hybridized carbons (Fsp3) is 0.436. The molecule has 1 saturated heterocycles. The van der Waals surface area contributed by atoms with Crippen molar-refractivity contribution in [3.05, 3.63) is 72.1 Å². The lowest BCUT2D eigenvalue weighted by Crippen LogP contribution is -2.59. The number of carbonyl (C=O) groups excluding carboxylic acids is 4. The van der Waals surface area contributed by atoms with Crippen LogP contribution in [0.25, 0.3) is 21.8 Å². The van der Waals surface area contributed by atoms with Crippen LogP contribution < -0.4 is 43.8 Å². The molecule has 17 nitrogen and oxygen atoms in total. The summed E-state index contributed by atoms with van der Waals surface area (Å²) in [5, 5.41) is 25.9. The fourth-order valence-corrected chi connectivity index (χ4v) is 6.98. The van der Waals surface area contributed by atoms with Crippen LogP contribution in [0.2, 0.25) is 0 Å². The zero-order valence-corrected chi connectivity index (χ0v) is 31.3. The number of nitrogens with two attached hydrogens (primary N) is 3. The summed E-state index contributed by atoms with van der Waals surface area (Å²) in [6, 6.07) is 9.91. The summed E-state index contributed by atoms with van der Waals surface area (Å²) in [4.78, 5) is 78.3. The summed E-state index contributed by atoms with van der Waals surface area (Å²) in [6.07, 6.45) is 6.67. The topological polar surface area (TPSA) is 288 Å². The van der Waals surface area contributed by atoms with E-state index in [0.29, 0.717) is 37.9 Å². The van der Waals surface area contributed by atoms with Crippen molar-refractivity contribution in [1.29, 1.82) is 0 Å². The van der Waals surface area contributed by atoms with Gasteiger partial charge in [0, 0.05) is 53.6 Å². The highest BCUT2D eigenvalue weighted by Crippen LogP contribution is 2.21. The van der Waals surface area contributed by atoms with Gasteiger partial charge in [-0.05, 0) is 81.3 Å². The van der Waals surface area contributed by atoms with Gasteiger partial charge in [-0.25, -0.2) is 4.79 Å². The first-order chi connectivity index (χ1) is 27.0. The molecule has 4 aromatic rings. The van der Waals surface area contributed by atoms with Crippen molar-refractivity contribution in [3.8, 4) is 0 Å². The third kappa shape index (κ3) is 11.3. The number of H-pyrrole nitrogens is 2. The molecule has 0 saturated carbocycles. The number of aliphatic imine (C=N–C) groups is 1. The molecule has 2 aromatic heterocycles. The van der Waals surface area contributed by atoms with E-state index in [2.05, 4.69) is 41.5 Å². The molecule has 0 aliphatic carbocycles. The van der Waals surface area contributed by atoms with E-state index in [1.807, 2.05) is 48.5 Å². The Morgan fingerprint density at radius 2 is 1.27 bits per heavy atom. The number of fused-ring (bicyclic) bond motifs is 2. The number of aromatic amines is 2. The second kappa shape index (κ2) is 20.1. The fourth-order valence-electron chi connectivity index (χ4n) is 6.98. The molecule has 0 bridgehead atoms. The second-order valence-corrected chi connectivity index (χ2v) is 14.1. The van der Waals surface area contributed by atoms with Gasteiger partial charge in [-0.1, -0.05) is 36.4 Å². The number of nitrogens with zero attached hydrogens (tertiary/aromatic N) is 1. The molecule has 5 rings (SSSR count). The van der Waals surface area contributed by atoms with Crippen molar-refractivity contribution in [2.75, 3.05) is 19.6 Å². The highest BCUT2D eigenvalue weighted by atomic mass is 16.4. The highest BCUT2D eigenvalue weighted by molar-refractivity contribution is 5.96. The van der Waals surface area contributed by atoms with Crippen molar-refractivity contribution in [2.45, 2.75) is 88.0 Å². The van der Waals surface area contributed by atoms with Crippen LogP contribution >= 0.6 is 0 Å². The first kappa shape index (κ1) is 41.2. The maximum Gasteiger partial charge on any atom is 0.326 e. The third-order valence-electron chi connectivity index (χ3n) is 9.98. The van der Waals surface area contributed by atoms with E-state index in [4.69, 9.17) is 17.2 Å². The zero-order chi connectivity index (χ0) is 40.0. The number of carbonyl (C=O) groups is 5. The number of nitrogens with one attached hydrogen (secondary N) is 7. The average Bonchev–Trinajstić information content (AvgIpc) is 3.96. The lowest BCUT2D eigenvalue weighted by molar-refractivity contribution is -0.142. The Morgan fingerprint density at radius 1 is 0.732 bits per heavy atom. The number of para-hydroxylation sites is 2. The van der Waals surface area contributed by atoms with Crippen LogP contribution in [-0.2, 0) is 36.8 Å². The molecule has 5 atom stereocenters. The van der Waals surface area contributed by atoms with Gasteiger partial charge in [-0.3, -0.25) is 24.2 Å². The molecule has 300 valence electrons. The molecule has 1 aliphatic heterocycles. The minimum atomic E-state index is -1.23.